The van der Waals surface area contributed by atoms with Crippen LogP contribution in [-0.4, -0.2) is 85.3 Å². The summed E-state index contributed by atoms with van der Waals surface area (Å²) in [5.41, 5.74) is 3.08. The van der Waals surface area contributed by atoms with Gasteiger partial charge in [-0.05, 0) is 54.4 Å². The van der Waals surface area contributed by atoms with Crippen molar-refractivity contribution in [2.45, 2.75) is 6.42 Å². The molecule has 1 saturated heterocycles. The first-order valence-corrected chi connectivity index (χ1v) is 14.5. The number of hydrogen-bond donors (Lipinski definition) is 0. The molecule has 0 aliphatic carbocycles. The Morgan fingerprint density at radius 1 is 0.837 bits per heavy atom. The molecule has 1 aliphatic heterocycles. The van der Waals surface area contributed by atoms with Crippen LogP contribution < -0.4 is 14.4 Å². The maximum absolute atomic E-state index is 13.5. The van der Waals surface area contributed by atoms with E-state index in [0.717, 1.165) is 22.6 Å². The van der Waals surface area contributed by atoms with Gasteiger partial charge in [0.15, 0.2) is 17.3 Å². The number of rotatable bonds is 10. The highest BCUT2D eigenvalue weighted by atomic mass is 35.5. The van der Waals surface area contributed by atoms with E-state index in [1.165, 1.54) is 0 Å². The summed E-state index contributed by atoms with van der Waals surface area (Å²) in [4.78, 5) is 32.4. The third-order valence-corrected chi connectivity index (χ3v) is 7.85. The van der Waals surface area contributed by atoms with Gasteiger partial charge in [-0.25, -0.2) is 0 Å². The molecule has 0 unspecified atom stereocenters. The minimum absolute atomic E-state index is 0.0171. The van der Waals surface area contributed by atoms with Gasteiger partial charge in [0.25, 0.3) is 5.91 Å². The van der Waals surface area contributed by atoms with E-state index in [0.29, 0.717) is 61.2 Å². The van der Waals surface area contributed by atoms with Crippen molar-refractivity contribution in [1.82, 2.24) is 20.0 Å². The molecule has 1 aromatic heterocycles. The van der Waals surface area contributed by atoms with E-state index in [-0.39, 0.29) is 18.4 Å². The molecular formula is C33H34ClN5O4. The Balaban J connectivity index is 1.21. The number of ether oxygens (including phenoxy) is 2. The summed E-state index contributed by atoms with van der Waals surface area (Å²) in [5.74, 6) is 1.67. The van der Waals surface area contributed by atoms with Crippen LogP contribution in [0.1, 0.15) is 15.9 Å². The lowest BCUT2D eigenvalue weighted by Gasteiger charge is -2.36. The first kappa shape index (κ1) is 29.8. The summed E-state index contributed by atoms with van der Waals surface area (Å²) in [6.07, 6.45) is 0.635. The van der Waals surface area contributed by atoms with Crippen LogP contribution in [0.2, 0.25) is 5.02 Å². The van der Waals surface area contributed by atoms with Gasteiger partial charge in [0.05, 0.1) is 30.5 Å². The monoisotopic (exact) mass is 599 g/mol. The molecule has 43 heavy (non-hydrogen) atoms. The maximum atomic E-state index is 13.5. The molecule has 9 nitrogen and oxygen atoms in total. The lowest BCUT2D eigenvalue weighted by Crippen LogP contribution is -2.52. The van der Waals surface area contributed by atoms with Crippen LogP contribution in [0.4, 0.5) is 5.82 Å². The molecule has 2 heterocycles. The highest BCUT2D eigenvalue weighted by Crippen LogP contribution is 2.31. The molecule has 0 bridgehead atoms. The molecule has 0 spiro atoms. The third kappa shape index (κ3) is 7.24. The lowest BCUT2D eigenvalue weighted by molar-refractivity contribution is -0.132. The van der Waals surface area contributed by atoms with E-state index in [9.17, 15) is 9.59 Å². The van der Waals surface area contributed by atoms with Gasteiger partial charge in [0.1, 0.15) is 6.54 Å². The number of anilines is 1. The maximum Gasteiger partial charge on any atom is 0.255 e. The van der Waals surface area contributed by atoms with Gasteiger partial charge < -0.3 is 24.2 Å². The molecule has 10 heteroatoms. The average molecular weight is 600 g/mol. The number of nitrogens with zero attached hydrogens (tertiary/aromatic N) is 5. The van der Waals surface area contributed by atoms with Crippen molar-refractivity contribution in [1.29, 1.82) is 0 Å². The molecule has 4 aromatic rings. The smallest absolute Gasteiger partial charge is 0.255 e. The standard InChI is InChI=1S/C33H34ClN5O4/c1-42-29-14-12-25(22-30(29)43-2)28-13-15-31(36-35-28)37-18-20-38(21-19-37)32(40)23-39(17-16-24-8-4-3-5-9-24)33(41)26-10-6-7-11-27(26)34/h3-15,22H,16-21,23H2,1-2H3. The predicted molar refractivity (Wildman–Crippen MR) is 167 cm³/mol. The molecule has 5 rings (SSSR count). The van der Waals surface area contributed by atoms with Gasteiger partial charge in [-0.3, -0.25) is 9.59 Å². The fourth-order valence-corrected chi connectivity index (χ4v) is 5.27. The van der Waals surface area contributed by atoms with Crippen LogP contribution in [-0.2, 0) is 11.2 Å². The zero-order valence-electron chi connectivity index (χ0n) is 24.3. The number of carbonyl (C=O) groups is 2. The second-order valence-electron chi connectivity index (χ2n) is 10.2. The molecule has 222 valence electrons. The summed E-state index contributed by atoms with van der Waals surface area (Å²) in [7, 11) is 3.20. The minimum atomic E-state index is -0.252. The van der Waals surface area contributed by atoms with Crippen molar-refractivity contribution in [2.75, 3.05) is 58.4 Å². The zero-order valence-corrected chi connectivity index (χ0v) is 25.0. The molecule has 1 fully saturated rings. The Labute approximate surface area is 256 Å². The number of carbonyl (C=O) groups excluding carboxylic acids is 2. The first-order chi connectivity index (χ1) is 21.0. The molecule has 0 saturated carbocycles. The molecule has 3 aromatic carbocycles. The largest absolute Gasteiger partial charge is 0.493 e. The van der Waals surface area contributed by atoms with E-state index < -0.39 is 0 Å². The van der Waals surface area contributed by atoms with Crippen LogP contribution in [0.25, 0.3) is 11.3 Å². The third-order valence-electron chi connectivity index (χ3n) is 7.52. The quantitative estimate of drug-likeness (QED) is 0.258. The predicted octanol–water partition coefficient (Wildman–Crippen LogP) is 4.85. The van der Waals surface area contributed by atoms with Crippen LogP contribution >= 0.6 is 11.6 Å². The topological polar surface area (TPSA) is 88.1 Å². The Bertz CT molecular complexity index is 1540. The van der Waals surface area contributed by atoms with E-state index in [4.69, 9.17) is 21.1 Å². The van der Waals surface area contributed by atoms with Crippen molar-refractivity contribution in [3.63, 3.8) is 0 Å². The Kier molecular flexibility index (Phi) is 9.73. The van der Waals surface area contributed by atoms with E-state index in [1.54, 1.807) is 48.3 Å². The number of amides is 2. The van der Waals surface area contributed by atoms with E-state index in [2.05, 4.69) is 15.1 Å². The summed E-state index contributed by atoms with van der Waals surface area (Å²) in [5, 5.41) is 9.25. The molecule has 2 amide bonds. The van der Waals surface area contributed by atoms with E-state index in [1.807, 2.05) is 60.7 Å². The second-order valence-corrected chi connectivity index (χ2v) is 10.6. The molecular weight excluding hydrogens is 566 g/mol. The summed E-state index contributed by atoms with van der Waals surface area (Å²) >= 11 is 6.34. The second kappa shape index (κ2) is 14.0. The number of piperazine rings is 1. The highest BCUT2D eigenvalue weighted by molar-refractivity contribution is 6.33. The number of aromatic nitrogens is 2. The van der Waals surface area contributed by atoms with Gasteiger partial charge in [-0.15, -0.1) is 10.2 Å². The van der Waals surface area contributed by atoms with Crippen LogP contribution in [0, 0.1) is 0 Å². The first-order valence-electron chi connectivity index (χ1n) is 14.1. The average Bonchev–Trinajstić information content (AvgIpc) is 3.06. The Hall–Kier alpha value is -4.63. The van der Waals surface area contributed by atoms with Gasteiger partial charge >= 0.3 is 0 Å². The number of benzene rings is 3. The van der Waals surface area contributed by atoms with Gasteiger partial charge in [0.2, 0.25) is 5.91 Å². The Morgan fingerprint density at radius 3 is 2.23 bits per heavy atom. The van der Waals surface area contributed by atoms with Crippen LogP contribution in [0.3, 0.4) is 0 Å². The van der Waals surface area contributed by atoms with Gasteiger partial charge in [0, 0.05) is 38.3 Å². The SMILES string of the molecule is COc1ccc(-c2ccc(N3CCN(C(=O)CN(CCc4ccccc4)C(=O)c4ccccc4Cl)CC3)nn2)cc1OC. The molecule has 0 atom stereocenters. The number of methoxy groups -OCH3 is 2. The molecule has 0 N–H and O–H groups in total. The molecule has 0 radical (unpaired) electrons. The Morgan fingerprint density at radius 2 is 1.56 bits per heavy atom. The number of halogens is 1. The van der Waals surface area contributed by atoms with E-state index >= 15 is 0 Å². The summed E-state index contributed by atoms with van der Waals surface area (Å²) in [6.45, 7) is 2.64. The summed E-state index contributed by atoms with van der Waals surface area (Å²) < 4.78 is 10.7. The van der Waals surface area contributed by atoms with Gasteiger partial charge in [-0.1, -0.05) is 54.1 Å². The van der Waals surface area contributed by atoms with Gasteiger partial charge in [-0.2, -0.15) is 0 Å². The van der Waals surface area contributed by atoms with Crippen molar-refractivity contribution < 1.29 is 19.1 Å². The number of hydrogen-bond acceptors (Lipinski definition) is 7. The fourth-order valence-electron chi connectivity index (χ4n) is 5.06. The van der Waals surface area contributed by atoms with Crippen LogP contribution in [0.5, 0.6) is 11.5 Å². The van der Waals surface area contributed by atoms with Crippen molar-refractivity contribution in [3.8, 4) is 22.8 Å². The van der Waals surface area contributed by atoms with Crippen molar-refractivity contribution >= 4 is 29.2 Å². The zero-order chi connectivity index (χ0) is 30.2. The highest BCUT2D eigenvalue weighted by Gasteiger charge is 2.26. The van der Waals surface area contributed by atoms with Crippen molar-refractivity contribution in [3.05, 3.63) is 101 Å². The minimum Gasteiger partial charge on any atom is -0.493 e. The summed E-state index contributed by atoms with van der Waals surface area (Å²) in [6, 6.07) is 26.3. The molecule has 1 aliphatic rings. The lowest BCUT2D eigenvalue weighted by atomic mass is 10.1. The fraction of sp³-hybridized carbons (Fsp3) is 0.273. The van der Waals surface area contributed by atoms with Crippen LogP contribution in [0.15, 0.2) is 84.9 Å². The van der Waals surface area contributed by atoms with Crippen molar-refractivity contribution in [2.24, 2.45) is 0 Å². The normalized spacial score (nSPS) is 13.0.